The number of rotatable bonds is 4. The first-order chi connectivity index (χ1) is 7.18. The largest absolute Gasteiger partial charge is 0.351 e. The van der Waals surface area contributed by atoms with Crippen LogP contribution in [0.2, 0.25) is 0 Å². The molecule has 0 bridgehead atoms. The fraction of sp³-hybridized carbons (Fsp3) is 0.444. The molecule has 5 nitrogen and oxygen atoms in total. The van der Waals surface area contributed by atoms with Crippen LogP contribution in [-0.4, -0.2) is 17.4 Å². The lowest BCUT2D eigenvalue weighted by molar-refractivity contribution is -0.384. The average molecular weight is 226 g/mol. The molecule has 0 saturated heterocycles. The van der Waals surface area contributed by atoms with Gasteiger partial charge in [0.15, 0.2) is 4.88 Å². The monoisotopic (exact) mass is 226 g/mol. The zero-order valence-electron chi connectivity index (χ0n) is 7.93. The Bertz CT molecular complexity index is 398. The lowest BCUT2D eigenvalue weighted by Crippen LogP contribution is -2.25. The number of nitrogens with zero attached hydrogens (tertiary/aromatic N) is 1. The van der Waals surface area contributed by atoms with E-state index >= 15 is 0 Å². The molecule has 80 valence electrons. The molecule has 0 unspecified atom stereocenters. The fourth-order valence-corrected chi connectivity index (χ4v) is 2.03. The maximum absolute atomic E-state index is 11.6. The summed E-state index contributed by atoms with van der Waals surface area (Å²) in [7, 11) is 0. The Labute approximate surface area is 90.3 Å². The van der Waals surface area contributed by atoms with Gasteiger partial charge in [-0.15, -0.1) is 11.3 Å². The van der Waals surface area contributed by atoms with Crippen molar-refractivity contribution in [2.45, 2.75) is 12.8 Å². The summed E-state index contributed by atoms with van der Waals surface area (Å²) < 4.78 is 0. The Morgan fingerprint density at radius 1 is 1.67 bits per heavy atom. The molecule has 1 aromatic rings. The summed E-state index contributed by atoms with van der Waals surface area (Å²) in [6.45, 7) is 0.633. The van der Waals surface area contributed by atoms with Gasteiger partial charge < -0.3 is 5.32 Å². The van der Waals surface area contributed by atoms with Crippen LogP contribution in [0.15, 0.2) is 11.4 Å². The van der Waals surface area contributed by atoms with Gasteiger partial charge in [-0.3, -0.25) is 14.9 Å². The van der Waals surface area contributed by atoms with Crippen molar-refractivity contribution in [1.29, 1.82) is 0 Å². The first-order valence-corrected chi connectivity index (χ1v) is 5.56. The van der Waals surface area contributed by atoms with Crippen LogP contribution in [0.25, 0.3) is 0 Å². The minimum atomic E-state index is -0.525. The Hall–Kier alpha value is -1.43. The van der Waals surface area contributed by atoms with Crippen LogP contribution >= 0.6 is 11.3 Å². The zero-order valence-corrected chi connectivity index (χ0v) is 8.75. The molecule has 1 aliphatic carbocycles. The van der Waals surface area contributed by atoms with E-state index in [2.05, 4.69) is 5.32 Å². The molecule has 0 radical (unpaired) electrons. The standard InChI is InChI=1S/C9H10N2O3S/c12-9(10-5-6-1-2-6)8-7(11(13)14)3-4-15-8/h3-4,6H,1-2,5H2,(H,10,12). The summed E-state index contributed by atoms with van der Waals surface area (Å²) in [5.74, 6) is 0.247. The summed E-state index contributed by atoms with van der Waals surface area (Å²) in [6.07, 6.45) is 2.29. The molecule has 1 amide bonds. The highest BCUT2D eigenvalue weighted by molar-refractivity contribution is 7.12. The van der Waals surface area contributed by atoms with Crippen LogP contribution in [0.3, 0.4) is 0 Å². The van der Waals surface area contributed by atoms with Gasteiger partial charge in [0.05, 0.1) is 4.92 Å². The SMILES string of the molecule is O=C(NCC1CC1)c1sccc1[N+](=O)[O-]. The Kier molecular flexibility index (Phi) is 2.68. The first kappa shape index (κ1) is 10.1. The molecule has 6 heteroatoms. The number of thiophene rings is 1. The zero-order chi connectivity index (χ0) is 10.8. The molecule has 0 spiro atoms. The van der Waals surface area contributed by atoms with Gasteiger partial charge in [-0.2, -0.15) is 0 Å². The van der Waals surface area contributed by atoms with E-state index < -0.39 is 4.92 Å². The van der Waals surface area contributed by atoms with Crippen LogP contribution in [-0.2, 0) is 0 Å². The molecule has 1 saturated carbocycles. The van der Waals surface area contributed by atoms with Crippen molar-refractivity contribution in [2.75, 3.05) is 6.54 Å². The number of hydrogen-bond donors (Lipinski definition) is 1. The van der Waals surface area contributed by atoms with E-state index in [0.29, 0.717) is 12.5 Å². The van der Waals surface area contributed by atoms with Crippen molar-refractivity contribution < 1.29 is 9.72 Å². The predicted octanol–water partition coefficient (Wildman–Crippen LogP) is 1.80. The van der Waals surface area contributed by atoms with E-state index in [1.54, 1.807) is 5.38 Å². The van der Waals surface area contributed by atoms with Gasteiger partial charge in [-0.25, -0.2) is 0 Å². The van der Waals surface area contributed by atoms with Gasteiger partial charge in [-0.05, 0) is 24.1 Å². The molecule has 1 heterocycles. The van der Waals surface area contributed by atoms with Crippen LogP contribution in [0.1, 0.15) is 22.5 Å². The van der Waals surface area contributed by atoms with E-state index in [1.807, 2.05) is 0 Å². The summed E-state index contributed by atoms with van der Waals surface area (Å²) in [5.41, 5.74) is -0.103. The average Bonchev–Trinajstić information content (AvgIpc) is 2.88. The smallest absolute Gasteiger partial charge is 0.292 e. The van der Waals surface area contributed by atoms with Crippen LogP contribution in [0.5, 0.6) is 0 Å². The Morgan fingerprint density at radius 3 is 3.00 bits per heavy atom. The number of nitro groups is 1. The summed E-state index contributed by atoms with van der Waals surface area (Å²) in [4.78, 5) is 21.8. The molecule has 1 N–H and O–H groups in total. The number of nitrogens with one attached hydrogen (secondary N) is 1. The van der Waals surface area contributed by atoms with Gasteiger partial charge >= 0.3 is 0 Å². The molecule has 15 heavy (non-hydrogen) atoms. The topological polar surface area (TPSA) is 72.2 Å². The van der Waals surface area contributed by atoms with Crippen molar-refractivity contribution in [2.24, 2.45) is 5.92 Å². The van der Waals surface area contributed by atoms with Crippen LogP contribution < -0.4 is 5.32 Å². The van der Waals surface area contributed by atoms with Gasteiger partial charge in [0.1, 0.15) is 0 Å². The Morgan fingerprint density at radius 2 is 2.40 bits per heavy atom. The van der Waals surface area contributed by atoms with Crippen molar-refractivity contribution in [3.8, 4) is 0 Å². The van der Waals surface area contributed by atoms with Gasteiger partial charge in [0.2, 0.25) is 0 Å². The Balaban J connectivity index is 2.03. The van der Waals surface area contributed by atoms with Crippen molar-refractivity contribution in [3.63, 3.8) is 0 Å². The number of hydrogen-bond acceptors (Lipinski definition) is 4. The first-order valence-electron chi connectivity index (χ1n) is 4.68. The molecule has 2 rings (SSSR count). The highest BCUT2D eigenvalue weighted by Gasteiger charge is 2.25. The second kappa shape index (κ2) is 3.98. The summed E-state index contributed by atoms with van der Waals surface area (Å²) >= 11 is 1.10. The predicted molar refractivity (Wildman–Crippen MR) is 56.0 cm³/mol. The molecule has 1 aromatic heterocycles. The maximum Gasteiger partial charge on any atom is 0.292 e. The molecule has 0 aliphatic heterocycles. The van der Waals surface area contributed by atoms with E-state index in [0.717, 1.165) is 24.2 Å². The summed E-state index contributed by atoms with van der Waals surface area (Å²) in [6, 6.07) is 1.36. The third kappa shape index (κ3) is 2.33. The van der Waals surface area contributed by atoms with Crippen LogP contribution in [0.4, 0.5) is 5.69 Å². The molecule has 0 aromatic carbocycles. The number of carbonyl (C=O) groups excluding carboxylic acids is 1. The third-order valence-electron chi connectivity index (χ3n) is 2.30. The van der Waals surface area contributed by atoms with E-state index in [1.165, 1.54) is 6.07 Å². The molecular formula is C9H10N2O3S. The fourth-order valence-electron chi connectivity index (χ4n) is 1.26. The van der Waals surface area contributed by atoms with Gasteiger partial charge in [-0.1, -0.05) is 0 Å². The minimum absolute atomic E-state index is 0.103. The highest BCUT2D eigenvalue weighted by Crippen LogP contribution is 2.28. The van der Waals surface area contributed by atoms with Gasteiger partial charge in [0, 0.05) is 12.6 Å². The minimum Gasteiger partial charge on any atom is -0.351 e. The van der Waals surface area contributed by atoms with E-state index in [9.17, 15) is 14.9 Å². The van der Waals surface area contributed by atoms with E-state index in [-0.39, 0.29) is 16.5 Å². The van der Waals surface area contributed by atoms with Crippen LogP contribution in [0, 0.1) is 16.0 Å². The summed E-state index contributed by atoms with van der Waals surface area (Å²) in [5, 5.41) is 14.8. The molecule has 1 fully saturated rings. The molecule has 0 atom stereocenters. The maximum atomic E-state index is 11.6. The van der Waals surface area contributed by atoms with E-state index in [4.69, 9.17) is 0 Å². The molecule has 1 aliphatic rings. The third-order valence-corrected chi connectivity index (χ3v) is 3.20. The second-order valence-electron chi connectivity index (χ2n) is 3.55. The lowest BCUT2D eigenvalue weighted by Gasteiger charge is -2.00. The normalized spacial score (nSPS) is 14.9. The molecular weight excluding hydrogens is 216 g/mol. The van der Waals surface area contributed by atoms with Crippen molar-refractivity contribution in [1.82, 2.24) is 5.32 Å². The number of carbonyl (C=O) groups is 1. The highest BCUT2D eigenvalue weighted by atomic mass is 32.1. The van der Waals surface area contributed by atoms with Crippen molar-refractivity contribution in [3.05, 3.63) is 26.4 Å². The quantitative estimate of drug-likeness (QED) is 0.628. The van der Waals surface area contributed by atoms with Gasteiger partial charge in [0.25, 0.3) is 11.6 Å². The number of amides is 1. The van der Waals surface area contributed by atoms with Crippen molar-refractivity contribution >= 4 is 22.9 Å². The second-order valence-corrected chi connectivity index (χ2v) is 4.46. The lowest BCUT2D eigenvalue weighted by atomic mass is 10.3.